The zero-order valence-corrected chi connectivity index (χ0v) is 21.1. The Morgan fingerprint density at radius 1 is 1.13 bits per heavy atom. The highest BCUT2D eigenvalue weighted by molar-refractivity contribution is 14.0. The van der Waals surface area contributed by atoms with Gasteiger partial charge in [-0.25, -0.2) is 4.99 Å². The lowest BCUT2D eigenvalue weighted by Crippen LogP contribution is -2.38. The molecule has 0 spiro atoms. The van der Waals surface area contributed by atoms with Crippen molar-refractivity contribution in [2.45, 2.75) is 32.9 Å². The molecule has 2 aliphatic rings. The van der Waals surface area contributed by atoms with Crippen LogP contribution in [0.2, 0.25) is 0 Å². The van der Waals surface area contributed by atoms with Crippen LogP contribution < -0.4 is 10.6 Å². The van der Waals surface area contributed by atoms with Crippen molar-refractivity contribution in [3.05, 3.63) is 35.4 Å². The summed E-state index contributed by atoms with van der Waals surface area (Å²) >= 11 is 0. The molecule has 8 heteroatoms. The number of halogens is 1. The first-order chi connectivity index (χ1) is 14.8. The number of nitrogens with one attached hydrogen (secondary N) is 2. The lowest BCUT2D eigenvalue weighted by molar-refractivity contribution is 0.0341. The number of ether oxygens (including phenoxy) is 3. The number of benzene rings is 1. The number of hydrogen-bond donors (Lipinski definition) is 2. The van der Waals surface area contributed by atoms with E-state index in [1.54, 1.807) is 0 Å². The molecule has 1 unspecified atom stereocenters. The molecule has 1 atom stereocenters. The monoisotopic (exact) mass is 546 g/mol. The molecule has 31 heavy (non-hydrogen) atoms. The van der Waals surface area contributed by atoms with Crippen LogP contribution in [0.4, 0.5) is 0 Å². The lowest BCUT2D eigenvalue weighted by Gasteiger charge is -2.27. The summed E-state index contributed by atoms with van der Waals surface area (Å²) in [6.07, 6.45) is 2.09. The molecular weight excluding hydrogens is 507 g/mol. The van der Waals surface area contributed by atoms with Crippen LogP contribution in [0.1, 0.15) is 30.9 Å². The fourth-order valence-electron chi connectivity index (χ4n) is 3.72. The number of nitrogens with zero attached hydrogens (tertiary/aromatic N) is 2. The van der Waals surface area contributed by atoms with E-state index in [0.717, 1.165) is 91.2 Å². The van der Waals surface area contributed by atoms with Crippen molar-refractivity contribution in [1.82, 2.24) is 15.5 Å². The highest BCUT2D eigenvalue weighted by Gasteiger charge is 2.15. The van der Waals surface area contributed by atoms with Crippen LogP contribution in [0.3, 0.4) is 0 Å². The Labute approximate surface area is 204 Å². The smallest absolute Gasteiger partial charge is 0.191 e. The fourth-order valence-corrected chi connectivity index (χ4v) is 3.72. The standard InChI is InChI=1S/C23H38N4O3.HI/c1-2-24-23(25-9-5-12-29-18-20-8-13-30-19-20)26-16-21-6-3-4-7-22(21)17-27-10-14-28-15-11-27;/h3-4,6-7,20H,2,5,8-19H2,1H3,(H2,24,25,26);1H. The van der Waals surface area contributed by atoms with Crippen LogP contribution in [-0.4, -0.2) is 76.7 Å². The van der Waals surface area contributed by atoms with Crippen molar-refractivity contribution in [2.75, 3.05) is 65.8 Å². The SMILES string of the molecule is CCNC(=NCc1ccccc1CN1CCOCC1)NCCCOCC1CCOC1.I. The van der Waals surface area contributed by atoms with Gasteiger partial charge in [0.2, 0.25) is 0 Å². The average molecular weight is 546 g/mol. The molecule has 3 rings (SSSR count). The Balaban J connectivity index is 0.00000341. The highest BCUT2D eigenvalue weighted by atomic mass is 127. The van der Waals surface area contributed by atoms with E-state index < -0.39 is 0 Å². The Kier molecular flexibility index (Phi) is 13.4. The second-order valence-corrected chi connectivity index (χ2v) is 7.94. The van der Waals surface area contributed by atoms with Gasteiger partial charge in [-0.3, -0.25) is 4.90 Å². The molecule has 2 heterocycles. The molecule has 1 aromatic rings. The van der Waals surface area contributed by atoms with Gasteiger partial charge in [-0.1, -0.05) is 24.3 Å². The number of aliphatic imine (C=N–C) groups is 1. The molecule has 7 nitrogen and oxygen atoms in total. The summed E-state index contributed by atoms with van der Waals surface area (Å²) in [7, 11) is 0. The number of hydrogen-bond acceptors (Lipinski definition) is 5. The molecule has 2 N–H and O–H groups in total. The van der Waals surface area contributed by atoms with E-state index in [-0.39, 0.29) is 24.0 Å². The molecule has 0 aromatic heterocycles. The zero-order valence-electron chi connectivity index (χ0n) is 18.8. The molecule has 0 aliphatic carbocycles. The van der Waals surface area contributed by atoms with Crippen molar-refractivity contribution in [3.63, 3.8) is 0 Å². The van der Waals surface area contributed by atoms with E-state index in [2.05, 4.69) is 46.7 Å². The minimum Gasteiger partial charge on any atom is -0.381 e. The van der Waals surface area contributed by atoms with Gasteiger partial charge in [-0.2, -0.15) is 0 Å². The van der Waals surface area contributed by atoms with Gasteiger partial charge in [0.05, 0.1) is 33.0 Å². The summed E-state index contributed by atoms with van der Waals surface area (Å²) in [4.78, 5) is 7.26. The van der Waals surface area contributed by atoms with Crippen LogP contribution in [0, 0.1) is 5.92 Å². The van der Waals surface area contributed by atoms with Gasteiger partial charge in [0, 0.05) is 51.9 Å². The molecule has 176 valence electrons. The molecule has 2 saturated heterocycles. The normalized spacial score (nSPS) is 19.8. The Bertz CT molecular complexity index is 635. The van der Waals surface area contributed by atoms with Gasteiger partial charge in [-0.15, -0.1) is 24.0 Å². The summed E-state index contributed by atoms with van der Waals surface area (Å²) in [6.45, 7) is 12.4. The van der Waals surface area contributed by atoms with E-state index in [9.17, 15) is 0 Å². The predicted molar refractivity (Wildman–Crippen MR) is 135 cm³/mol. The van der Waals surface area contributed by atoms with E-state index in [1.165, 1.54) is 11.1 Å². The number of morpholine rings is 1. The quantitative estimate of drug-likeness (QED) is 0.193. The first-order valence-electron chi connectivity index (χ1n) is 11.4. The minimum atomic E-state index is 0. The highest BCUT2D eigenvalue weighted by Crippen LogP contribution is 2.14. The predicted octanol–water partition coefficient (Wildman–Crippen LogP) is 2.64. The van der Waals surface area contributed by atoms with Gasteiger partial charge in [0.25, 0.3) is 0 Å². The van der Waals surface area contributed by atoms with Crippen molar-refractivity contribution in [3.8, 4) is 0 Å². The van der Waals surface area contributed by atoms with Gasteiger partial charge >= 0.3 is 0 Å². The van der Waals surface area contributed by atoms with E-state index in [4.69, 9.17) is 19.2 Å². The van der Waals surface area contributed by atoms with Gasteiger partial charge < -0.3 is 24.8 Å². The minimum absolute atomic E-state index is 0. The van der Waals surface area contributed by atoms with Crippen LogP contribution in [0.15, 0.2) is 29.3 Å². The van der Waals surface area contributed by atoms with E-state index >= 15 is 0 Å². The third-order valence-electron chi connectivity index (χ3n) is 5.50. The molecule has 2 aliphatic heterocycles. The second-order valence-electron chi connectivity index (χ2n) is 7.94. The first kappa shape index (κ1) is 26.3. The third-order valence-corrected chi connectivity index (χ3v) is 5.50. The molecule has 2 fully saturated rings. The Hall–Kier alpha value is -0.940. The van der Waals surface area contributed by atoms with Crippen LogP contribution in [0.5, 0.6) is 0 Å². The summed E-state index contributed by atoms with van der Waals surface area (Å²) in [5, 5.41) is 6.77. The van der Waals surface area contributed by atoms with Gasteiger partial charge in [-0.05, 0) is 30.9 Å². The van der Waals surface area contributed by atoms with Crippen molar-refractivity contribution in [1.29, 1.82) is 0 Å². The largest absolute Gasteiger partial charge is 0.381 e. The van der Waals surface area contributed by atoms with Crippen molar-refractivity contribution < 1.29 is 14.2 Å². The van der Waals surface area contributed by atoms with Crippen LogP contribution >= 0.6 is 24.0 Å². The lowest BCUT2D eigenvalue weighted by atomic mass is 10.1. The molecule has 0 amide bonds. The number of rotatable bonds is 11. The Morgan fingerprint density at radius 3 is 2.68 bits per heavy atom. The first-order valence-corrected chi connectivity index (χ1v) is 11.4. The maximum absolute atomic E-state index is 5.78. The molecule has 1 aromatic carbocycles. The molecule has 0 saturated carbocycles. The maximum atomic E-state index is 5.78. The summed E-state index contributed by atoms with van der Waals surface area (Å²) < 4.78 is 16.6. The fraction of sp³-hybridized carbons (Fsp3) is 0.696. The van der Waals surface area contributed by atoms with Crippen LogP contribution in [0.25, 0.3) is 0 Å². The summed E-state index contributed by atoms with van der Waals surface area (Å²) in [5.74, 6) is 1.44. The van der Waals surface area contributed by atoms with Gasteiger partial charge in [0.1, 0.15) is 0 Å². The topological polar surface area (TPSA) is 67.4 Å². The van der Waals surface area contributed by atoms with Crippen LogP contribution in [-0.2, 0) is 27.3 Å². The van der Waals surface area contributed by atoms with E-state index in [0.29, 0.717) is 12.5 Å². The van der Waals surface area contributed by atoms with Crippen molar-refractivity contribution >= 4 is 29.9 Å². The number of guanidine groups is 1. The second kappa shape index (κ2) is 15.8. The average Bonchev–Trinajstić information content (AvgIpc) is 3.29. The van der Waals surface area contributed by atoms with Gasteiger partial charge in [0.15, 0.2) is 5.96 Å². The van der Waals surface area contributed by atoms with Crippen molar-refractivity contribution in [2.24, 2.45) is 10.9 Å². The molecule has 0 radical (unpaired) electrons. The zero-order chi connectivity index (χ0) is 20.9. The summed E-state index contributed by atoms with van der Waals surface area (Å²) in [6, 6.07) is 8.61. The summed E-state index contributed by atoms with van der Waals surface area (Å²) in [5.41, 5.74) is 2.63. The Morgan fingerprint density at radius 2 is 1.94 bits per heavy atom. The molecular formula is C23H39IN4O3. The maximum Gasteiger partial charge on any atom is 0.191 e. The van der Waals surface area contributed by atoms with E-state index in [1.807, 2.05) is 0 Å². The molecule has 0 bridgehead atoms. The third kappa shape index (κ3) is 10.0.